The maximum absolute atomic E-state index is 13.0. The second kappa shape index (κ2) is 6.19. The second-order valence-corrected chi connectivity index (χ2v) is 4.70. The first-order valence-corrected chi connectivity index (χ1v) is 6.42. The van der Waals surface area contributed by atoms with Crippen molar-refractivity contribution in [2.24, 2.45) is 0 Å². The highest BCUT2D eigenvalue weighted by Crippen LogP contribution is 2.19. The van der Waals surface area contributed by atoms with Gasteiger partial charge in [0.25, 0.3) is 0 Å². The predicted molar refractivity (Wildman–Crippen MR) is 78.2 cm³/mol. The van der Waals surface area contributed by atoms with Crippen LogP contribution in [0.5, 0.6) is 0 Å². The van der Waals surface area contributed by atoms with Gasteiger partial charge in [-0.25, -0.2) is 9.18 Å². The fourth-order valence-corrected chi connectivity index (χ4v) is 2.00. The molecule has 20 heavy (non-hydrogen) atoms. The lowest BCUT2D eigenvalue weighted by molar-refractivity contribution is 0.251. The van der Waals surface area contributed by atoms with Crippen LogP contribution in [-0.2, 0) is 6.54 Å². The summed E-state index contributed by atoms with van der Waals surface area (Å²) in [6, 6.07) is 11.7. The fraction of sp³-hybridized carbons (Fsp3) is 0.188. The van der Waals surface area contributed by atoms with Gasteiger partial charge in [-0.05, 0) is 42.7 Å². The quantitative estimate of drug-likeness (QED) is 0.877. The first kappa shape index (κ1) is 14.1. The van der Waals surface area contributed by atoms with Crippen LogP contribution in [-0.4, -0.2) is 6.03 Å². The number of para-hydroxylation sites is 1. The standard InChI is InChI=1S/C16H17FN2O/c1-11-5-3-6-12(2)15(11)19-16(20)18-10-13-7-4-8-14(17)9-13/h3-9H,10H2,1-2H3,(H2,18,19,20). The molecule has 0 bridgehead atoms. The van der Waals surface area contributed by atoms with E-state index in [-0.39, 0.29) is 18.4 Å². The van der Waals surface area contributed by atoms with Crippen LogP contribution in [0.4, 0.5) is 14.9 Å². The lowest BCUT2D eigenvalue weighted by Gasteiger charge is -2.12. The van der Waals surface area contributed by atoms with Gasteiger partial charge in [-0.2, -0.15) is 0 Å². The van der Waals surface area contributed by atoms with Crippen LogP contribution in [0, 0.1) is 19.7 Å². The maximum Gasteiger partial charge on any atom is 0.319 e. The minimum absolute atomic E-state index is 0.286. The van der Waals surface area contributed by atoms with E-state index in [4.69, 9.17) is 0 Å². The average Bonchev–Trinajstić information content (AvgIpc) is 2.41. The monoisotopic (exact) mass is 272 g/mol. The number of carbonyl (C=O) groups is 1. The predicted octanol–water partition coefficient (Wildman–Crippen LogP) is 3.76. The third kappa shape index (κ3) is 3.57. The Kier molecular flexibility index (Phi) is 4.35. The van der Waals surface area contributed by atoms with E-state index in [9.17, 15) is 9.18 Å². The molecule has 3 nitrogen and oxygen atoms in total. The van der Waals surface area contributed by atoms with E-state index >= 15 is 0 Å². The molecule has 0 fully saturated rings. The summed E-state index contributed by atoms with van der Waals surface area (Å²) in [5.41, 5.74) is 3.54. The summed E-state index contributed by atoms with van der Waals surface area (Å²) in [5.74, 6) is -0.306. The van der Waals surface area contributed by atoms with Crippen molar-refractivity contribution in [3.8, 4) is 0 Å². The zero-order valence-corrected chi connectivity index (χ0v) is 11.5. The Morgan fingerprint density at radius 2 is 1.75 bits per heavy atom. The van der Waals surface area contributed by atoms with E-state index in [0.29, 0.717) is 0 Å². The molecular formula is C16H17FN2O. The fourth-order valence-electron chi connectivity index (χ4n) is 2.00. The Morgan fingerprint density at radius 1 is 1.10 bits per heavy atom. The van der Waals surface area contributed by atoms with Gasteiger partial charge in [-0.15, -0.1) is 0 Å². The molecule has 2 aromatic rings. The van der Waals surface area contributed by atoms with E-state index in [1.807, 2.05) is 32.0 Å². The number of halogens is 1. The molecule has 0 atom stereocenters. The van der Waals surface area contributed by atoms with Crippen LogP contribution >= 0.6 is 0 Å². The van der Waals surface area contributed by atoms with Crippen molar-refractivity contribution in [2.45, 2.75) is 20.4 Å². The second-order valence-electron chi connectivity index (χ2n) is 4.70. The number of urea groups is 1. The SMILES string of the molecule is Cc1cccc(C)c1NC(=O)NCc1cccc(F)c1. The maximum atomic E-state index is 13.0. The molecule has 0 saturated carbocycles. The van der Waals surface area contributed by atoms with Crippen LogP contribution < -0.4 is 10.6 Å². The number of hydrogen-bond acceptors (Lipinski definition) is 1. The molecule has 2 N–H and O–H groups in total. The highest BCUT2D eigenvalue weighted by Gasteiger charge is 2.06. The lowest BCUT2D eigenvalue weighted by atomic mass is 10.1. The minimum Gasteiger partial charge on any atom is -0.334 e. The van der Waals surface area contributed by atoms with Crippen molar-refractivity contribution in [1.29, 1.82) is 0 Å². The molecule has 0 radical (unpaired) electrons. The van der Waals surface area contributed by atoms with Gasteiger partial charge in [0.1, 0.15) is 5.82 Å². The minimum atomic E-state index is -0.306. The molecule has 0 aliphatic heterocycles. The van der Waals surface area contributed by atoms with Gasteiger partial charge in [0, 0.05) is 12.2 Å². The van der Waals surface area contributed by atoms with Gasteiger partial charge < -0.3 is 10.6 Å². The van der Waals surface area contributed by atoms with E-state index in [1.54, 1.807) is 12.1 Å². The molecule has 4 heteroatoms. The molecule has 2 rings (SSSR count). The Hall–Kier alpha value is -2.36. The van der Waals surface area contributed by atoms with Gasteiger partial charge in [0.2, 0.25) is 0 Å². The van der Waals surface area contributed by atoms with Crippen LogP contribution in [0.25, 0.3) is 0 Å². The summed E-state index contributed by atoms with van der Waals surface area (Å²) in [7, 11) is 0. The van der Waals surface area contributed by atoms with Gasteiger partial charge >= 0.3 is 6.03 Å². The first-order chi connectivity index (χ1) is 9.56. The van der Waals surface area contributed by atoms with Crippen LogP contribution in [0.3, 0.4) is 0 Å². The zero-order chi connectivity index (χ0) is 14.5. The Labute approximate surface area is 117 Å². The van der Waals surface area contributed by atoms with Crippen molar-refractivity contribution in [2.75, 3.05) is 5.32 Å². The number of rotatable bonds is 3. The molecule has 0 aliphatic carbocycles. The topological polar surface area (TPSA) is 41.1 Å². The van der Waals surface area contributed by atoms with E-state index in [2.05, 4.69) is 10.6 Å². The van der Waals surface area contributed by atoms with Crippen molar-refractivity contribution in [3.63, 3.8) is 0 Å². The first-order valence-electron chi connectivity index (χ1n) is 6.42. The zero-order valence-electron chi connectivity index (χ0n) is 11.5. The Balaban J connectivity index is 1.96. The van der Waals surface area contributed by atoms with Gasteiger partial charge in [-0.1, -0.05) is 30.3 Å². The largest absolute Gasteiger partial charge is 0.334 e. The molecule has 0 aromatic heterocycles. The number of aryl methyl sites for hydroxylation is 2. The number of anilines is 1. The van der Waals surface area contributed by atoms with E-state index in [0.717, 1.165) is 22.4 Å². The van der Waals surface area contributed by atoms with Crippen LogP contribution in [0.2, 0.25) is 0 Å². The van der Waals surface area contributed by atoms with Gasteiger partial charge in [0.15, 0.2) is 0 Å². The Morgan fingerprint density at radius 3 is 2.40 bits per heavy atom. The molecule has 0 heterocycles. The molecule has 0 unspecified atom stereocenters. The number of nitrogens with one attached hydrogen (secondary N) is 2. The molecule has 0 spiro atoms. The Bertz CT molecular complexity index is 605. The van der Waals surface area contributed by atoms with Crippen LogP contribution in [0.1, 0.15) is 16.7 Å². The molecule has 0 aliphatic rings. The number of carbonyl (C=O) groups excluding carboxylic acids is 1. The highest BCUT2D eigenvalue weighted by atomic mass is 19.1. The van der Waals surface area contributed by atoms with Crippen LogP contribution in [0.15, 0.2) is 42.5 Å². The van der Waals surface area contributed by atoms with E-state index in [1.165, 1.54) is 12.1 Å². The third-order valence-electron chi connectivity index (χ3n) is 3.06. The number of benzene rings is 2. The van der Waals surface area contributed by atoms with Crippen molar-refractivity contribution < 1.29 is 9.18 Å². The molecular weight excluding hydrogens is 255 g/mol. The highest BCUT2D eigenvalue weighted by molar-refractivity contribution is 5.90. The summed E-state index contributed by atoms with van der Waals surface area (Å²) >= 11 is 0. The summed E-state index contributed by atoms with van der Waals surface area (Å²) in [6.45, 7) is 4.17. The lowest BCUT2D eigenvalue weighted by Crippen LogP contribution is -2.28. The number of amides is 2. The van der Waals surface area contributed by atoms with Crippen molar-refractivity contribution in [3.05, 3.63) is 65.0 Å². The van der Waals surface area contributed by atoms with Crippen molar-refractivity contribution >= 4 is 11.7 Å². The summed E-state index contributed by atoms with van der Waals surface area (Å²) in [5, 5.41) is 5.53. The number of hydrogen-bond donors (Lipinski definition) is 2. The summed E-state index contributed by atoms with van der Waals surface area (Å²) < 4.78 is 13.0. The smallest absolute Gasteiger partial charge is 0.319 e. The summed E-state index contributed by atoms with van der Waals surface area (Å²) in [4.78, 5) is 11.9. The average molecular weight is 272 g/mol. The van der Waals surface area contributed by atoms with Crippen molar-refractivity contribution in [1.82, 2.24) is 5.32 Å². The van der Waals surface area contributed by atoms with Gasteiger partial charge in [0.05, 0.1) is 0 Å². The molecule has 104 valence electrons. The van der Waals surface area contributed by atoms with E-state index < -0.39 is 0 Å². The molecule has 2 aromatic carbocycles. The third-order valence-corrected chi connectivity index (χ3v) is 3.06. The molecule has 2 amide bonds. The molecule has 0 saturated heterocycles. The normalized spacial score (nSPS) is 10.2. The van der Waals surface area contributed by atoms with Gasteiger partial charge in [-0.3, -0.25) is 0 Å². The summed E-state index contributed by atoms with van der Waals surface area (Å²) in [6.07, 6.45) is 0.